The molecule has 6 rings (SSSR count). The number of sulfonamides is 1. The highest BCUT2D eigenvalue weighted by atomic mass is 32.2. The fourth-order valence-electron chi connectivity index (χ4n) is 4.77. The zero-order valence-electron chi connectivity index (χ0n) is 18.9. The number of nitrogens with one attached hydrogen (secondary N) is 1. The molecule has 2 aromatic carbocycles. The number of halogens is 5. The lowest BCUT2D eigenvalue weighted by Gasteiger charge is -2.25. The van der Waals surface area contributed by atoms with Crippen molar-refractivity contribution in [2.75, 3.05) is 0 Å². The molecule has 13 heteroatoms. The van der Waals surface area contributed by atoms with Crippen LogP contribution in [0.1, 0.15) is 24.2 Å². The van der Waals surface area contributed by atoms with Crippen LogP contribution >= 0.6 is 0 Å². The molecular formula is C24H19F5N4O3S. The second-order valence-electron chi connectivity index (χ2n) is 8.98. The van der Waals surface area contributed by atoms with Gasteiger partial charge in [-0.3, -0.25) is 4.79 Å². The van der Waals surface area contributed by atoms with Crippen molar-refractivity contribution in [3.8, 4) is 11.1 Å². The molecule has 2 bridgehead atoms. The van der Waals surface area contributed by atoms with Gasteiger partial charge in [0.1, 0.15) is 17.7 Å². The number of hydrogen-bond acceptors (Lipinski definition) is 5. The van der Waals surface area contributed by atoms with Crippen LogP contribution in [0.5, 0.6) is 0 Å². The number of fused-ring (bicyclic) bond motifs is 1. The van der Waals surface area contributed by atoms with Crippen LogP contribution in [0.25, 0.3) is 11.1 Å². The molecule has 3 fully saturated rings. The smallest absolute Gasteiger partial charge is 0.351 e. The Kier molecular flexibility index (Phi) is 6.23. The van der Waals surface area contributed by atoms with Crippen molar-refractivity contribution in [3.63, 3.8) is 0 Å². The fraction of sp³-hybridized carbons (Fsp3) is 0.292. The molecular weight excluding hydrogens is 519 g/mol. The molecule has 2 saturated heterocycles. The molecule has 37 heavy (non-hydrogen) atoms. The quantitative estimate of drug-likeness (QED) is 0.481. The molecule has 7 nitrogen and oxygen atoms in total. The average molecular weight is 538 g/mol. The van der Waals surface area contributed by atoms with Crippen LogP contribution in [0, 0.1) is 17.6 Å². The minimum Gasteiger partial charge on any atom is -0.351 e. The molecule has 3 aliphatic rings. The lowest BCUT2D eigenvalue weighted by atomic mass is 9.83. The van der Waals surface area contributed by atoms with E-state index in [1.165, 1.54) is 6.07 Å². The third kappa shape index (κ3) is 4.80. The minimum atomic E-state index is -4.71. The number of amides is 1. The average Bonchev–Trinajstić information content (AvgIpc) is 3.40. The van der Waals surface area contributed by atoms with Gasteiger partial charge in [-0.2, -0.15) is 17.5 Å². The molecule has 1 aromatic heterocycles. The number of rotatable bonds is 6. The summed E-state index contributed by atoms with van der Waals surface area (Å²) in [4.78, 5) is 19.5. The molecule has 3 heterocycles. The normalized spacial score (nSPS) is 21.5. The number of alkyl halides is 3. The van der Waals surface area contributed by atoms with Gasteiger partial charge in [-0.15, -0.1) is 0 Å². The summed E-state index contributed by atoms with van der Waals surface area (Å²) in [5.74, 6) is -3.33. The number of nitrogens with zero attached hydrogens (tertiary/aromatic N) is 3. The third-order valence-corrected chi connectivity index (χ3v) is 8.50. The minimum absolute atomic E-state index is 0.118. The van der Waals surface area contributed by atoms with Gasteiger partial charge in [0.05, 0.1) is 4.90 Å². The van der Waals surface area contributed by atoms with E-state index < -0.39 is 45.6 Å². The van der Waals surface area contributed by atoms with Gasteiger partial charge in [-0.1, -0.05) is 0 Å². The van der Waals surface area contributed by atoms with E-state index >= 15 is 0 Å². The number of aromatic nitrogens is 2. The molecule has 0 spiro atoms. The van der Waals surface area contributed by atoms with E-state index in [9.17, 15) is 35.2 Å². The van der Waals surface area contributed by atoms with Gasteiger partial charge in [0.2, 0.25) is 21.8 Å². The summed E-state index contributed by atoms with van der Waals surface area (Å²) in [6.07, 6.45) is -1.81. The maximum Gasteiger partial charge on any atom is 0.451 e. The van der Waals surface area contributed by atoms with Crippen LogP contribution in [0.2, 0.25) is 0 Å². The Morgan fingerprint density at radius 3 is 2.24 bits per heavy atom. The van der Waals surface area contributed by atoms with Crippen LogP contribution in [0.15, 0.2) is 59.8 Å². The Morgan fingerprint density at radius 2 is 1.62 bits per heavy atom. The highest BCUT2D eigenvalue weighted by Crippen LogP contribution is 2.48. The van der Waals surface area contributed by atoms with Crippen LogP contribution < -0.4 is 5.32 Å². The summed E-state index contributed by atoms with van der Waals surface area (Å²) < 4.78 is 93.3. The van der Waals surface area contributed by atoms with E-state index in [-0.39, 0.29) is 34.5 Å². The SMILES string of the molecule is O=C(NCc1cc(F)cc(-c2cnc(C(F)(F)F)nc2)c1)C1C2CC(C2)N1S(=O)(=O)c1ccc(F)cc1. The summed E-state index contributed by atoms with van der Waals surface area (Å²) >= 11 is 0. The number of carbonyl (C=O) groups excluding carboxylic acids is 1. The van der Waals surface area contributed by atoms with E-state index in [1.54, 1.807) is 0 Å². The fourth-order valence-corrected chi connectivity index (χ4v) is 6.63. The molecule has 1 atom stereocenters. The second kappa shape index (κ2) is 9.14. The summed E-state index contributed by atoms with van der Waals surface area (Å²) in [6.45, 7) is -0.149. The number of hydrogen-bond donors (Lipinski definition) is 1. The van der Waals surface area contributed by atoms with Crippen molar-refractivity contribution >= 4 is 15.9 Å². The topological polar surface area (TPSA) is 92.3 Å². The number of benzene rings is 2. The molecule has 1 unspecified atom stereocenters. The van der Waals surface area contributed by atoms with Crippen molar-refractivity contribution in [3.05, 3.63) is 77.9 Å². The van der Waals surface area contributed by atoms with E-state index in [0.717, 1.165) is 53.1 Å². The first-order chi connectivity index (χ1) is 17.4. The van der Waals surface area contributed by atoms with Crippen LogP contribution in [0.3, 0.4) is 0 Å². The van der Waals surface area contributed by atoms with Gasteiger partial charge in [0.25, 0.3) is 0 Å². The predicted molar refractivity (Wildman–Crippen MR) is 120 cm³/mol. The van der Waals surface area contributed by atoms with Crippen LogP contribution in [-0.4, -0.2) is 40.7 Å². The Hall–Kier alpha value is -3.45. The van der Waals surface area contributed by atoms with Gasteiger partial charge in [-0.25, -0.2) is 27.2 Å². The monoisotopic (exact) mass is 538 g/mol. The summed E-state index contributed by atoms with van der Waals surface area (Å²) in [5.41, 5.74) is 0.663. The van der Waals surface area contributed by atoms with Crippen LogP contribution in [-0.2, 0) is 27.5 Å². The third-order valence-electron chi connectivity index (χ3n) is 6.55. The van der Waals surface area contributed by atoms with Crippen molar-refractivity contribution in [1.29, 1.82) is 0 Å². The Morgan fingerprint density at radius 1 is 0.973 bits per heavy atom. The molecule has 1 aliphatic carbocycles. The second-order valence-corrected chi connectivity index (χ2v) is 10.8. The van der Waals surface area contributed by atoms with Crippen LogP contribution in [0.4, 0.5) is 22.0 Å². The first-order valence-electron chi connectivity index (χ1n) is 11.2. The standard InChI is InChI=1S/C24H19F5N4O3S/c25-17-1-3-20(4-2-17)37(35,36)33-19-8-15(9-19)21(33)22(34)30-10-13-5-14(7-18(26)6-13)16-11-31-23(32-12-16)24(27,28)29/h1-7,11-12,15,19,21H,8-10H2,(H,30,34). The molecule has 2 aliphatic heterocycles. The molecule has 1 saturated carbocycles. The maximum atomic E-state index is 14.3. The summed E-state index contributed by atoms with van der Waals surface area (Å²) in [6, 6.07) is 6.78. The Balaban J connectivity index is 1.32. The van der Waals surface area contributed by atoms with Gasteiger partial charge >= 0.3 is 6.18 Å². The molecule has 3 aromatic rings. The maximum absolute atomic E-state index is 14.3. The Labute approximate surface area is 208 Å². The largest absolute Gasteiger partial charge is 0.451 e. The zero-order valence-corrected chi connectivity index (χ0v) is 19.7. The molecule has 0 radical (unpaired) electrons. The van der Waals surface area contributed by atoms with Gasteiger partial charge in [0, 0.05) is 30.5 Å². The highest BCUT2D eigenvalue weighted by Gasteiger charge is 2.58. The van der Waals surface area contributed by atoms with Gasteiger partial charge in [0.15, 0.2) is 0 Å². The first-order valence-corrected chi connectivity index (χ1v) is 12.6. The van der Waals surface area contributed by atoms with Crippen molar-refractivity contribution in [1.82, 2.24) is 19.6 Å². The highest BCUT2D eigenvalue weighted by molar-refractivity contribution is 7.89. The Bertz CT molecular complexity index is 1440. The zero-order chi connectivity index (χ0) is 26.5. The van der Waals surface area contributed by atoms with E-state index in [1.807, 2.05) is 0 Å². The summed E-state index contributed by atoms with van der Waals surface area (Å²) in [5, 5.41) is 2.64. The van der Waals surface area contributed by atoms with Crippen molar-refractivity contribution in [2.45, 2.75) is 42.5 Å². The molecule has 194 valence electrons. The van der Waals surface area contributed by atoms with Crippen molar-refractivity contribution in [2.24, 2.45) is 5.92 Å². The van der Waals surface area contributed by atoms with E-state index in [4.69, 9.17) is 0 Å². The lowest BCUT2D eigenvalue weighted by Crippen LogP contribution is -2.46. The number of carbonyl (C=O) groups is 1. The van der Waals surface area contributed by atoms with Crippen molar-refractivity contribution < 1.29 is 35.2 Å². The predicted octanol–water partition coefficient (Wildman–Crippen LogP) is 3.91. The first kappa shape index (κ1) is 25.2. The molecule has 1 N–H and O–H groups in total. The van der Waals surface area contributed by atoms with E-state index in [0.29, 0.717) is 18.4 Å². The van der Waals surface area contributed by atoms with Gasteiger partial charge < -0.3 is 5.32 Å². The van der Waals surface area contributed by atoms with E-state index in [2.05, 4.69) is 15.3 Å². The lowest BCUT2D eigenvalue weighted by molar-refractivity contribution is -0.145. The summed E-state index contributed by atoms with van der Waals surface area (Å²) in [7, 11) is -4.05. The molecule has 1 amide bonds. The van der Waals surface area contributed by atoms with Gasteiger partial charge in [-0.05, 0) is 72.4 Å².